The molecule has 1 saturated heterocycles. The Morgan fingerprint density at radius 3 is 2.36 bits per heavy atom. The van der Waals surface area contributed by atoms with E-state index < -0.39 is 17.7 Å². The second-order valence-corrected chi connectivity index (χ2v) is 7.86. The highest BCUT2D eigenvalue weighted by atomic mass is 16.5. The van der Waals surface area contributed by atoms with E-state index in [1.807, 2.05) is 19.9 Å². The number of aliphatic hydroxyl groups is 2. The topological polar surface area (TPSA) is 96.3 Å². The number of rotatable bonds is 11. The molecular formula is C26H31NO6. The number of hydrogen-bond donors (Lipinski definition) is 2. The third-order valence-corrected chi connectivity index (χ3v) is 5.35. The number of carbonyl (C=O) groups excluding carboxylic acids is 2. The summed E-state index contributed by atoms with van der Waals surface area (Å²) in [5.41, 5.74) is 1.17. The van der Waals surface area contributed by atoms with Crippen molar-refractivity contribution in [1.29, 1.82) is 0 Å². The zero-order valence-corrected chi connectivity index (χ0v) is 19.1. The van der Waals surface area contributed by atoms with Crippen molar-refractivity contribution in [3.8, 4) is 11.5 Å². The first-order valence-corrected chi connectivity index (χ1v) is 11.4. The van der Waals surface area contributed by atoms with Gasteiger partial charge in [0.1, 0.15) is 17.3 Å². The number of carbonyl (C=O) groups is 2. The standard InChI is InChI=1S/C26H31NO6/c1-3-13-27-23(19-7-5-8-21(17-19)33-16-6-14-28)22(25(30)26(27)31)24(29)18-9-11-20(12-10-18)32-15-4-2/h5,7-12,17,23,28-29H,3-4,6,13-16H2,1-2H3/b24-22-. The maximum Gasteiger partial charge on any atom is 0.295 e. The van der Waals surface area contributed by atoms with Crippen molar-refractivity contribution in [2.75, 3.05) is 26.4 Å². The van der Waals surface area contributed by atoms with Crippen LogP contribution in [0.1, 0.15) is 50.3 Å². The Hall–Kier alpha value is -3.32. The van der Waals surface area contributed by atoms with Gasteiger partial charge in [0.05, 0.1) is 24.8 Å². The van der Waals surface area contributed by atoms with Gasteiger partial charge in [0, 0.05) is 25.1 Å². The van der Waals surface area contributed by atoms with Gasteiger partial charge in [-0.1, -0.05) is 26.0 Å². The van der Waals surface area contributed by atoms with Gasteiger partial charge in [0.2, 0.25) is 0 Å². The number of aliphatic hydroxyl groups excluding tert-OH is 2. The van der Waals surface area contributed by atoms with E-state index in [0.29, 0.717) is 55.2 Å². The summed E-state index contributed by atoms with van der Waals surface area (Å²) >= 11 is 0. The normalized spacial score (nSPS) is 17.4. The summed E-state index contributed by atoms with van der Waals surface area (Å²) in [6, 6.07) is 13.3. The summed E-state index contributed by atoms with van der Waals surface area (Å²) in [4.78, 5) is 27.3. The Morgan fingerprint density at radius 2 is 1.70 bits per heavy atom. The van der Waals surface area contributed by atoms with Crippen LogP contribution in [-0.2, 0) is 9.59 Å². The van der Waals surface area contributed by atoms with Crippen LogP contribution in [0.25, 0.3) is 5.76 Å². The van der Waals surface area contributed by atoms with Crippen LogP contribution in [0.15, 0.2) is 54.1 Å². The largest absolute Gasteiger partial charge is 0.507 e. The molecule has 0 aliphatic carbocycles. The Morgan fingerprint density at radius 1 is 0.970 bits per heavy atom. The van der Waals surface area contributed by atoms with E-state index in [9.17, 15) is 14.7 Å². The molecule has 0 bridgehead atoms. The highest BCUT2D eigenvalue weighted by molar-refractivity contribution is 6.46. The lowest BCUT2D eigenvalue weighted by molar-refractivity contribution is -0.139. The van der Waals surface area contributed by atoms with Gasteiger partial charge >= 0.3 is 0 Å². The van der Waals surface area contributed by atoms with Gasteiger partial charge in [-0.05, 0) is 54.8 Å². The van der Waals surface area contributed by atoms with Crippen molar-refractivity contribution in [3.05, 3.63) is 65.2 Å². The minimum absolute atomic E-state index is 0.0264. The maximum atomic E-state index is 13.0. The molecule has 0 aromatic heterocycles. The van der Waals surface area contributed by atoms with E-state index in [4.69, 9.17) is 14.6 Å². The molecule has 2 aromatic rings. The van der Waals surface area contributed by atoms with Crippen molar-refractivity contribution >= 4 is 17.4 Å². The van der Waals surface area contributed by atoms with Gasteiger partial charge in [-0.25, -0.2) is 0 Å². The molecule has 7 heteroatoms. The van der Waals surface area contributed by atoms with Crippen LogP contribution in [-0.4, -0.2) is 53.2 Å². The molecular weight excluding hydrogens is 422 g/mol. The van der Waals surface area contributed by atoms with E-state index in [1.165, 1.54) is 4.90 Å². The van der Waals surface area contributed by atoms with Crippen LogP contribution < -0.4 is 9.47 Å². The molecule has 7 nitrogen and oxygen atoms in total. The smallest absolute Gasteiger partial charge is 0.295 e. The summed E-state index contributed by atoms with van der Waals surface area (Å²) in [5, 5.41) is 20.1. The summed E-state index contributed by atoms with van der Waals surface area (Å²) in [6.45, 7) is 5.29. The average Bonchev–Trinajstić information content (AvgIpc) is 3.08. The first-order valence-electron chi connectivity index (χ1n) is 11.4. The Balaban J connectivity index is 2.02. The van der Waals surface area contributed by atoms with Crippen LogP contribution in [0.5, 0.6) is 11.5 Å². The number of ether oxygens (including phenoxy) is 2. The molecule has 33 heavy (non-hydrogen) atoms. The van der Waals surface area contributed by atoms with Crippen LogP contribution in [0.3, 0.4) is 0 Å². The highest BCUT2D eigenvalue weighted by Crippen LogP contribution is 2.40. The fourth-order valence-electron chi connectivity index (χ4n) is 3.81. The van der Waals surface area contributed by atoms with E-state index in [0.717, 1.165) is 6.42 Å². The van der Waals surface area contributed by atoms with E-state index in [-0.39, 0.29) is 17.9 Å². The van der Waals surface area contributed by atoms with E-state index in [1.54, 1.807) is 42.5 Å². The maximum absolute atomic E-state index is 13.0. The van der Waals surface area contributed by atoms with Gasteiger partial charge < -0.3 is 24.6 Å². The molecule has 1 aliphatic heterocycles. The van der Waals surface area contributed by atoms with Crippen LogP contribution in [0.4, 0.5) is 0 Å². The van der Waals surface area contributed by atoms with Gasteiger partial charge in [-0.3, -0.25) is 9.59 Å². The fourth-order valence-corrected chi connectivity index (χ4v) is 3.81. The SMILES string of the molecule is CCCOc1ccc(/C(O)=C2/C(=O)C(=O)N(CCC)C2c2cccc(OCCCO)c2)cc1. The molecule has 0 saturated carbocycles. The fraction of sp³-hybridized carbons (Fsp3) is 0.385. The zero-order valence-electron chi connectivity index (χ0n) is 19.1. The predicted molar refractivity (Wildman–Crippen MR) is 125 cm³/mol. The summed E-state index contributed by atoms with van der Waals surface area (Å²) < 4.78 is 11.3. The first kappa shape index (κ1) is 24.3. The predicted octanol–water partition coefficient (Wildman–Crippen LogP) is 4.07. The van der Waals surface area contributed by atoms with Crippen molar-refractivity contribution < 1.29 is 29.3 Å². The Labute approximate surface area is 194 Å². The summed E-state index contributed by atoms with van der Waals surface area (Å²) in [7, 11) is 0. The molecule has 3 rings (SSSR count). The molecule has 1 heterocycles. The summed E-state index contributed by atoms with van der Waals surface area (Å²) in [6.07, 6.45) is 2.04. The molecule has 176 valence electrons. The third kappa shape index (κ3) is 5.54. The van der Waals surface area contributed by atoms with Crippen LogP contribution >= 0.6 is 0 Å². The lowest BCUT2D eigenvalue weighted by Crippen LogP contribution is -2.30. The molecule has 0 spiro atoms. The quantitative estimate of drug-likeness (QED) is 0.230. The van der Waals surface area contributed by atoms with E-state index in [2.05, 4.69) is 0 Å². The minimum atomic E-state index is -0.720. The average molecular weight is 454 g/mol. The number of likely N-dealkylation sites (tertiary alicyclic amines) is 1. The minimum Gasteiger partial charge on any atom is -0.507 e. The molecule has 1 fully saturated rings. The molecule has 1 unspecified atom stereocenters. The van der Waals surface area contributed by atoms with E-state index >= 15 is 0 Å². The number of nitrogens with zero attached hydrogens (tertiary/aromatic N) is 1. The first-order chi connectivity index (χ1) is 16.0. The molecule has 1 amide bonds. The Kier molecular flexibility index (Phi) is 8.49. The lowest BCUT2D eigenvalue weighted by Gasteiger charge is -2.25. The lowest BCUT2D eigenvalue weighted by atomic mass is 9.95. The van der Waals surface area contributed by atoms with Crippen molar-refractivity contribution in [1.82, 2.24) is 4.90 Å². The van der Waals surface area contributed by atoms with Gasteiger partial charge in [-0.2, -0.15) is 0 Å². The second kappa shape index (κ2) is 11.5. The Bertz CT molecular complexity index is 998. The summed E-state index contributed by atoms with van der Waals surface area (Å²) in [5.74, 6) is -0.308. The van der Waals surface area contributed by atoms with Crippen LogP contribution in [0, 0.1) is 0 Å². The molecule has 0 radical (unpaired) electrons. The van der Waals surface area contributed by atoms with Crippen LogP contribution in [0.2, 0.25) is 0 Å². The van der Waals surface area contributed by atoms with Crippen molar-refractivity contribution in [3.63, 3.8) is 0 Å². The second-order valence-electron chi connectivity index (χ2n) is 7.86. The number of ketones is 1. The number of Topliss-reactive ketones (excluding diaryl/α,β-unsaturated/α-hetero) is 1. The number of benzene rings is 2. The van der Waals surface area contributed by atoms with Crippen molar-refractivity contribution in [2.45, 2.75) is 39.2 Å². The zero-order chi connectivity index (χ0) is 23.8. The molecule has 1 aliphatic rings. The van der Waals surface area contributed by atoms with Gasteiger partial charge in [0.15, 0.2) is 0 Å². The van der Waals surface area contributed by atoms with Gasteiger partial charge in [0.25, 0.3) is 11.7 Å². The van der Waals surface area contributed by atoms with Crippen molar-refractivity contribution in [2.24, 2.45) is 0 Å². The molecule has 2 N–H and O–H groups in total. The third-order valence-electron chi connectivity index (χ3n) is 5.35. The number of amides is 1. The molecule has 1 atom stereocenters. The highest BCUT2D eigenvalue weighted by Gasteiger charge is 2.45. The van der Waals surface area contributed by atoms with Gasteiger partial charge in [-0.15, -0.1) is 0 Å². The number of hydrogen-bond acceptors (Lipinski definition) is 6. The monoisotopic (exact) mass is 453 g/mol. The molecule has 2 aromatic carbocycles.